The average Bonchev–Trinajstić information content (AvgIpc) is 2.36. The molecule has 0 unspecified atom stereocenters. The van der Waals surface area contributed by atoms with Crippen molar-refractivity contribution in [1.29, 1.82) is 0 Å². The van der Waals surface area contributed by atoms with Crippen molar-refractivity contribution in [2.24, 2.45) is 0 Å². The molecule has 5 nitrogen and oxygen atoms in total. The van der Waals surface area contributed by atoms with Crippen molar-refractivity contribution < 1.29 is 32.2 Å². The minimum absolute atomic E-state index is 0.0206. The van der Waals surface area contributed by atoms with Crippen molar-refractivity contribution in [3.05, 3.63) is 40.6 Å². The van der Waals surface area contributed by atoms with Crippen molar-refractivity contribution in [3.8, 4) is 0 Å². The van der Waals surface area contributed by atoms with E-state index >= 15 is 0 Å². The van der Waals surface area contributed by atoms with Gasteiger partial charge in [-0.3, -0.25) is 0 Å². The highest BCUT2D eigenvalue weighted by Gasteiger charge is 2.39. The second kappa shape index (κ2) is 5.77. The highest BCUT2D eigenvalue weighted by Crippen LogP contribution is 2.34. The molecule has 0 bridgehead atoms. The average molecular weight is 350 g/mol. The fourth-order valence-electron chi connectivity index (χ4n) is 1.74. The molecule has 0 aromatic heterocycles. The van der Waals surface area contributed by atoms with Crippen LogP contribution in [0, 0.1) is 0 Å². The van der Waals surface area contributed by atoms with Crippen LogP contribution in [0.3, 0.4) is 0 Å². The lowest BCUT2D eigenvalue weighted by Gasteiger charge is -2.29. The van der Waals surface area contributed by atoms with Crippen LogP contribution >= 0.6 is 11.6 Å². The summed E-state index contributed by atoms with van der Waals surface area (Å²) in [4.78, 5) is 23.4. The maximum Gasteiger partial charge on any atom is 0.416 e. The third-order valence-electron chi connectivity index (χ3n) is 2.78. The standard InChI is InChI=1S/C14H11ClF3NO4/c1-13(2)22-11(20)8(12(21)23-13)6-19-10-5-7(14(16,17)18)3-4-9(10)15/h3-6,19H,1-2H3. The van der Waals surface area contributed by atoms with Crippen LogP contribution in [0.5, 0.6) is 0 Å². The summed E-state index contributed by atoms with van der Waals surface area (Å²) in [7, 11) is 0. The number of benzene rings is 1. The Kier molecular flexibility index (Phi) is 4.30. The van der Waals surface area contributed by atoms with Gasteiger partial charge in [0.05, 0.1) is 16.3 Å². The second-order valence-corrected chi connectivity index (χ2v) is 5.48. The first-order chi connectivity index (χ1) is 10.5. The number of carbonyl (C=O) groups excluding carboxylic acids is 2. The molecule has 124 valence electrons. The van der Waals surface area contributed by atoms with Crippen molar-refractivity contribution in [3.63, 3.8) is 0 Å². The van der Waals surface area contributed by atoms with Crippen LogP contribution in [0.15, 0.2) is 30.0 Å². The van der Waals surface area contributed by atoms with Crippen molar-refractivity contribution in [2.45, 2.75) is 25.8 Å². The fraction of sp³-hybridized carbons (Fsp3) is 0.286. The molecule has 1 fully saturated rings. The van der Waals surface area contributed by atoms with E-state index in [0.29, 0.717) is 0 Å². The summed E-state index contributed by atoms with van der Waals surface area (Å²) in [6.07, 6.45) is -3.66. The van der Waals surface area contributed by atoms with E-state index in [1.165, 1.54) is 13.8 Å². The lowest BCUT2D eigenvalue weighted by atomic mass is 10.2. The summed E-state index contributed by atoms with van der Waals surface area (Å²) in [5.74, 6) is -3.32. The van der Waals surface area contributed by atoms with E-state index < -0.39 is 35.0 Å². The van der Waals surface area contributed by atoms with Gasteiger partial charge in [-0.2, -0.15) is 13.2 Å². The molecule has 0 aliphatic carbocycles. The van der Waals surface area contributed by atoms with E-state index in [9.17, 15) is 22.8 Å². The summed E-state index contributed by atoms with van der Waals surface area (Å²) in [6, 6.07) is 2.61. The predicted octanol–water partition coefficient (Wildman–Crippen LogP) is 3.49. The number of esters is 2. The summed E-state index contributed by atoms with van der Waals surface area (Å²) < 4.78 is 47.7. The van der Waals surface area contributed by atoms with Gasteiger partial charge in [0.1, 0.15) is 0 Å². The first kappa shape index (κ1) is 17.1. The Morgan fingerprint density at radius 2 is 1.74 bits per heavy atom. The summed E-state index contributed by atoms with van der Waals surface area (Å²) in [5, 5.41) is 2.37. The van der Waals surface area contributed by atoms with Crippen LogP contribution < -0.4 is 5.32 Å². The summed E-state index contributed by atoms with van der Waals surface area (Å²) >= 11 is 5.79. The zero-order valence-electron chi connectivity index (χ0n) is 12.0. The molecule has 0 saturated carbocycles. The minimum Gasteiger partial charge on any atom is -0.419 e. The van der Waals surface area contributed by atoms with Crippen molar-refractivity contribution in [1.82, 2.24) is 0 Å². The van der Waals surface area contributed by atoms with Gasteiger partial charge in [0.2, 0.25) is 0 Å². The number of nitrogens with one attached hydrogen (secondary N) is 1. The summed E-state index contributed by atoms with van der Waals surface area (Å²) in [6.45, 7) is 2.74. The van der Waals surface area contributed by atoms with E-state index in [2.05, 4.69) is 5.32 Å². The number of anilines is 1. The SMILES string of the molecule is CC1(C)OC(=O)C(=CNc2cc(C(F)(F)F)ccc2Cl)C(=O)O1. The highest BCUT2D eigenvalue weighted by molar-refractivity contribution is 6.33. The Bertz CT molecular complexity index is 676. The molecular weight excluding hydrogens is 339 g/mol. The molecular formula is C14H11ClF3NO4. The second-order valence-electron chi connectivity index (χ2n) is 5.07. The van der Waals surface area contributed by atoms with Crippen LogP contribution in [0.25, 0.3) is 0 Å². The first-order valence-electron chi connectivity index (χ1n) is 6.30. The largest absolute Gasteiger partial charge is 0.419 e. The third-order valence-corrected chi connectivity index (χ3v) is 3.11. The van der Waals surface area contributed by atoms with Gasteiger partial charge in [0, 0.05) is 20.0 Å². The van der Waals surface area contributed by atoms with Crippen LogP contribution in [-0.4, -0.2) is 17.7 Å². The molecule has 1 aliphatic heterocycles. The number of alkyl halides is 3. The van der Waals surface area contributed by atoms with E-state index in [4.69, 9.17) is 21.1 Å². The molecule has 1 aromatic rings. The van der Waals surface area contributed by atoms with Crippen LogP contribution in [0.2, 0.25) is 5.02 Å². The number of halogens is 4. The third kappa shape index (κ3) is 3.95. The smallest absolute Gasteiger partial charge is 0.416 e. The molecule has 1 heterocycles. The topological polar surface area (TPSA) is 64.6 Å². The lowest BCUT2D eigenvalue weighted by molar-refractivity contribution is -0.222. The van der Waals surface area contributed by atoms with Gasteiger partial charge in [-0.15, -0.1) is 0 Å². The molecule has 1 aromatic carbocycles. The highest BCUT2D eigenvalue weighted by atomic mass is 35.5. The van der Waals surface area contributed by atoms with Gasteiger partial charge in [-0.25, -0.2) is 9.59 Å². The number of rotatable bonds is 2. The lowest BCUT2D eigenvalue weighted by Crippen LogP contribution is -2.42. The molecule has 0 spiro atoms. The number of hydrogen-bond acceptors (Lipinski definition) is 5. The molecule has 1 N–H and O–H groups in total. The fourth-order valence-corrected chi connectivity index (χ4v) is 1.91. The Morgan fingerprint density at radius 3 is 2.26 bits per heavy atom. The van der Waals surface area contributed by atoms with Crippen LogP contribution in [-0.2, 0) is 25.2 Å². The van der Waals surface area contributed by atoms with Crippen LogP contribution in [0.1, 0.15) is 19.4 Å². The molecule has 9 heteroatoms. The molecule has 23 heavy (non-hydrogen) atoms. The number of ether oxygens (including phenoxy) is 2. The van der Waals surface area contributed by atoms with Crippen LogP contribution in [0.4, 0.5) is 18.9 Å². The van der Waals surface area contributed by atoms with Gasteiger partial charge >= 0.3 is 18.1 Å². The van der Waals surface area contributed by atoms with Gasteiger partial charge in [-0.05, 0) is 18.2 Å². The number of carbonyl (C=O) groups is 2. The Morgan fingerprint density at radius 1 is 1.17 bits per heavy atom. The van der Waals surface area contributed by atoms with Crippen molar-refractivity contribution in [2.75, 3.05) is 5.32 Å². The Labute approximate surface area is 134 Å². The monoisotopic (exact) mass is 349 g/mol. The van der Waals surface area contributed by atoms with Gasteiger partial charge < -0.3 is 14.8 Å². The maximum atomic E-state index is 12.7. The molecule has 2 rings (SSSR count). The summed E-state index contributed by atoms with van der Waals surface area (Å²) in [5.41, 5.74) is -1.55. The molecule has 0 radical (unpaired) electrons. The molecule has 1 aliphatic rings. The van der Waals surface area contributed by atoms with E-state index in [-0.39, 0.29) is 10.7 Å². The first-order valence-corrected chi connectivity index (χ1v) is 6.67. The maximum absolute atomic E-state index is 12.7. The van der Waals surface area contributed by atoms with Crippen molar-refractivity contribution >= 4 is 29.2 Å². The zero-order chi connectivity index (χ0) is 17.4. The number of cyclic esters (lactones) is 2. The molecule has 0 amide bonds. The molecule has 1 saturated heterocycles. The molecule has 0 atom stereocenters. The van der Waals surface area contributed by atoms with E-state index in [1.807, 2.05) is 0 Å². The van der Waals surface area contributed by atoms with E-state index in [0.717, 1.165) is 24.4 Å². The van der Waals surface area contributed by atoms with Gasteiger partial charge in [0.15, 0.2) is 5.57 Å². The number of hydrogen-bond donors (Lipinski definition) is 1. The minimum atomic E-state index is -4.55. The van der Waals surface area contributed by atoms with Gasteiger partial charge in [-0.1, -0.05) is 11.6 Å². The normalized spacial score (nSPS) is 17.4. The predicted molar refractivity (Wildman–Crippen MR) is 74.4 cm³/mol. The zero-order valence-corrected chi connectivity index (χ0v) is 12.7. The Hall–Kier alpha value is -2.22. The van der Waals surface area contributed by atoms with Gasteiger partial charge in [0.25, 0.3) is 5.79 Å². The Balaban J connectivity index is 2.26. The quantitative estimate of drug-likeness (QED) is 0.503. The van der Waals surface area contributed by atoms with E-state index in [1.54, 1.807) is 0 Å².